The number of aromatic nitrogens is 4. The van der Waals surface area contributed by atoms with Crippen LogP contribution in [0.25, 0.3) is 11.2 Å². The summed E-state index contributed by atoms with van der Waals surface area (Å²) < 4.78 is 1.73. The normalized spacial score (nSPS) is 16.0. The molecule has 1 aliphatic heterocycles. The van der Waals surface area contributed by atoms with E-state index < -0.39 is 12.6 Å². The van der Waals surface area contributed by atoms with Crippen LogP contribution in [0.5, 0.6) is 0 Å². The Balaban J connectivity index is 1.81. The van der Waals surface area contributed by atoms with Crippen LogP contribution < -0.4 is 4.90 Å². The minimum absolute atomic E-state index is 0.298. The summed E-state index contributed by atoms with van der Waals surface area (Å²) in [5.74, 6) is 0.519. The molecule has 0 radical (unpaired) electrons. The van der Waals surface area contributed by atoms with Crippen LogP contribution in [0.3, 0.4) is 0 Å². The molecule has 0 bridgehead atoms. The van der Waals surface area contributed by atoms with Gasteiger partial charge in [-0.3, -0.25) is 4.79 Å². The lowest BCUT2D eigenvalue weighted by Crippen LogP contribution is -2.30. The van der Waals surface area contributed by atoms with E-state index >= 15 is 0 Å². The lowest BCUT2D eigenvalue weighted by molar-refractivity contribution is -0.123. The van der Waals surface area contributed by atoms with Crippen molar-refractivity contribution in [2.24, 2.45) is 0 Å². The first kappa shape index (κ1) is 16.7. The van der Waals surface area contributed by atoms with Gasteiger partial charge >= 0.3 is 0 Å². The molecule has 2 aromatic heterocycles. The third-order valence-corrected chi connectivity index (χ3v) is 4.85. The first-order valence-corrected chi connectivity index (χ1v) is 8.90. The largest absolute Gasteiger partial charge is 0.388 e. The number of ketones is 1. The Bertz CT molecular complexity index is 903. The molecule has 0 amide bonds. The van der Waals surface area contributed by atoms with Crippen molar-refractivity contribution < 1.29 is 9.90 Å². The van der Waals surface area contributed by atoms with Crippen molar-refractivity contribution >= 4 is 22.8 Å². The van der Waals surface area contributed by atoms with E-state index in [-0.39, 0.29) is 5.78 Å². The second-order valence-electron chi connectivity index (χ2n) is 6.51. The molecule has 1 fully saturated rings. The number of carbonyl (C=O) groups excluding carboxylic acids is 1. The fourth-order valence-corrected chi connectivity index (χ4v) is 3.59. The van der Waals surface area contributed by atoms with E-state index in [1.54, 1.807) is 10.9 Å². The smallest absolute Gasteiger partial charge is 0.185 e. The van der Waals surface area contributed by atoms with Gasteiger partial charge in [-0.15, -0.1) is 0 Å². The van der Waals surface area contributed by atoms with Crippen molar-refractivity contribution in [3.8, 4) is 0 Å². The number of carbonyl (C=O) groups is 1. The van der Waals surface area contributed by atoms with Crippen molar-refractivity contribution in [2.45, 2.75) is 25.3 Å². The standard InChI is InChI=1S/C19H21N5O2/c25-11-15(26)17(14-7-3-1-4-8-14)24-13-22-16-18(20-12-21-19(16)24)23-9-5-2-6-10-23/h1,3-4,7-8,12-13,17,25H,2,5-6,9-11H2/t17-/m0/s1. The number of rotatable bonds is 5. The highest BCUT2D eigenvalue weighted by molar-refractivity contribution is 5.90. The molecule has 0 aliphatic carbocycles. The zero-order valence-electron chi connectivity index (χ0n) is 14.5. The van der Waals surface area contributed by atoms with E-state index in [1.807, 2.05) is 30.3 Å². The number of piperidine rings is 1. The van der Waals surface area contributed by atoms with Gasteiger partial charge in [0.2, 0.25) is 0 Å². The average molecular weight is 351 g/mol. The number of imidazole rings is 1. The number of benzene rings is 1. The summed E-state index contributed by atoms with van der Waals surface area (Å²) in [4.78, 5) is 28.1. The lowest BCUT2D eigenvalue weighted by atomic mass is 10.0. The van der Waals surface area contributed by atoms with Crippen LogP contribution in [-0.4, -0.2) is 50.1 Å². The van der Waals surface area contributed by atoms with Gasteiger partial charge in [-0.25, -0.2) is 15.0 Å². The molecule has 3 aromatic rings. The van der Waals surface area contributed by atoms with Crippen LogP contribution >= 0.6 is 0 Å². The number of hydrogen-bond acceptors (Lipinski definition) is 6. The van der Waals surface area contributed by atoms with Crippen molar-refractivity contribution in [1.82, 2.24) is 19.5 Å². The lowest BCUT2D eigenvalue weighted by Gasteiger charge is -2.27. The number of fused-ring (bicyclic) bond motifs is 1. The Labute approximate surface area is 151 Å². The third kappa shape index (κ3) is 2.94. The second kappa shape index (κ2) is 7.21. The zero-order valence-corrected chi connectivity index (χ0v) is 14.5. The van der Waals surface area contributed by atoms with Gasteiger partial charge in [-0.05, 0) is 24.8 Å². The quantitative estimate of drug-likeness (QED) is 0.756. The number of nitrogens with zero attached hydrogens (tertiary/aromatic N) is 5. The molecule has 1 aliphatic rings. The van der Waals surface area contributed by atoms with E-state index in [0.29, 0.717) is 11.2 Å². The molecule has 7 heteroatoms. The van der Waals surface area contributed by atoms with Crippen molar-refractivity contribution in [3.63, 3.8) is 0 Å². The SMILES string of the molecule is O=C(CO)[C@H](c1ccccc1)n1cnc2c(N3CCCCC3)ncnc21. The van der Waals surface area contributed by atoms with E-state index in [2.05, 4.69) is 19.9 Å². The van der Waals surface area contributed by atoms with Crippen molar-refractivity contribution in [1.29, 1.82) is 0 Å². The van der Waals surface area contributed by atoms with Gasteiger partial charge in [0.25, 0.3) is 0 Å². The minimum atomic E-state index is -0.657. The fraction of sp³-hybridized carbons (Fsp3) is 0.368. The summed E-state index contributed by atoms with van der Waals surface area (Å²) in [6, 6.07) is 8.73. The predicted molar refractivity (Wildman–Crippen MR) is 98.1 cm³/mol. The van der Waals surface area contributed by atoms with E-state index in [4.69, 9.17) is 0 Å². The molecular weight excluding hydrogens is 330 g/mol. The Morgan fingerprint density at radius 1 is 1.08 bits per heavy atom. The van der Waals surface area contributed by atoms with Crippen LogP contribution in [0, 0.1) is 0 Å². The van der Waals surface area contributed by atoms with Gasteiger partial charge in [-0.1, -0.05) is 30.3 Å². The van der Waals surface area contributed by atoms with E-state index in [9.17, 15) is 9.90 Å². The number of aliphatic hydroxyl groups excluding tert-OH is 1. The molecule has 26 heavy (non-hydrogen) atoms. The monoisotopic (exact) mass is 351 g/mol. The van der Waals surface area contributed by atoms with Gasteiger partial charge in [-0.2, -0.15) is 0 Å². The molecule has 134 valence electrons. The highest BCUT2D eigenvalue weighted by Crippen LogP contribution is 2.28. The summed E-state index contributed by atoms with van der Waals surface area (Å²) in [5.41, 5.74) is 2.10. The average Bonchev–Trinajstić information content (AvgIpc) is 3.13. The van der Waals surface area contributed by atoms with Gasteiger partial charge in [0.1, 0.15) is 19.0 Å². The van der Waals surface area contributed by atoms with Crippen molar-refractivity contribution in [3.05, 3.63) is 48.5 Å². The molecule has 7 nitrogen and oxygen atoms in total. The second-order valence-corrected chi connectivity index (χ2v) is 6.51. The topological polar surface area (TPSA) is 84.1 Å². The van der Waals surface area contributed by atoms with E-state index in [1.165, 1.54) is 12.7 Å². The Morgan fingerprint density at radius 2 is 1.85 bits per heavy atom. The molecule has 1 aromatic carbocycles. The Morgan fingerprint density at radius 3 is 2.58 bits per heavy atom. The highest BCUT2D eigenvalue weighted by atomic mass is 16.3. The molecule has 4 rings (SSSR count). The summed E-state index contributed by atoms with van der Waals surface area (Å²) >= 11 is 0. The first-order chi connectivity index (χ1) is 12.8. The van der Waals surface area contributed by atoms with Gasteiger partial charge in [0.15, 0.2) is 22.8 Å². The zero-order chi connectivity index (χ0) is 17.9. The molecular formula is C19H21N5O2. The maximum Gasteiger partial charge on any atom is 0.185 e. The number of Topliss-reactive ketones (excluding diaryl/α,β-unsaturated/α-hetero) is 1. The van der Waals surface area contributed by atoms with Crippen LogP contribution in [-0.2, 0) is 4.79 Å². The first-order valence-electron chi connectivity index (χ1n) is 8.90. The van der Waals surface area contributed by atoms with Crippen molar-refractivity contribution in [2.75, 3.05) is 24.6 Å². The van der Waals surface area contributed by atoms with Gasteiger partial charge in [0.05, 0.1) is 6.33 Å². The van der Waals surface area contributed by atoms with Crippen LogP contribution in [0.15, 0.2) is 43.0 Å². The molecule has 0 spiro atoms. The molecule has 1 atom stereocenters. The third-order valence-electron chi connectivity index (χ3n) is 4.85. The van der Waals surface area contributed by atoms with E-state index in [0.717, 1.165) is 37.3 Å². The molecule has 0 saturated carbocycles. The number of anilines is 1. The minimum Gasteiger partial charge on any atom is -0.388 e. The molecule has 3 heterocycles. The Hall–Kier alpha value is -2.80. The highest BCUT2D eigenvalue weighted by Gasteiger charge is 2.26. The van der Waals surface area contributed by atoms with Crippen LogP contribution in [0.2, 0.25) is 0 Å². The fourth-order valence-electron chi connectivity index (χ4n) is 3.59. The summed E-state index contributed by atoms with van der Waals surface area (Å²) in [6.07, 6.45) is 6.66. The molecule has 1 saturated heterocycles. The summed E-state index contributed by atoms with van der Waals surface area (Å²) in [6.45, 7) is 1.37. The number of aliphatic hydroxyl groups is 1. The Kier molecular flexibility index (Phi) is 4.62. The predicted octanol–water partition coefficient (Wildman–Crippen LogP) is 1.97. The van der Waals surface area contributed by atoms with Gasteiger partial charge in [0, 0.05) is 13.1 Å². The maximum atomic E-state index is 12.5. The van der Waals surface area contributed by atoms with Gasteiger partial charge < -0.3 is 14.6 Å². The maximum absolute atomic E-state index is 12.5. The summed E-state index contributed by atoms with van der Waals surface area (Å²) in [7, 11) is 0. The van der Waals surface area contributed by atoms with Crippen LogP contribution in [0.1, 0.15) is 30.9 Å². The molecule has 1 N–H and O–H groups in total. The summed E-state index contributed by atoms with van der Waals surface area (Å²) in [5, 5.41) is 9.47. The molecule has 0 unspecified atom stereocenters. The van der Waals surface area contributed by atoms with Crippen LogP contribution in [0.4, 0.5) is 5.82 Å². The number of hydrogen-bond donors (Lipinski definition) is 1.